The maximum Gasteiger partial charge on any atom is 0.196 e. The Morgan fingerprint density at radius 1 is 1.12 bits per heavy atom. The molecule has 0 fully saturated rings. The summed E-state index contributed by atoms with van der Waals surface area (Å²) in [4.78, 5) is 14.4. The molecule has 88 valence electrons. The zero-order chi connectivity index (χ0) is 12.6. The SMILES string of the molecule is Cc1cc(C(=O)c2ccc(N)cc2N)c(C)s1. The largest absolute Gasteiger partial charge is 0.399 e. The lowest BCUT2D eigenvalue weighted by atomic mass is 10.0. The molecule has 1 heterocycles. The van der Waals surface area contributed by atoms with Crippen LogP contribution in [0, 0.1) is 13.8 Å². The summed E-state index contributed by atoms with van der Waals surface area (Å²) in [5, 5.41) is 0. The number of thiophene rings is 1. The molecule has 1 aromatic carbocycles. The fraction of sp³-hybridized carbons (Fsp3) is 0.154. The summed E-state index contributed by atoms with van der Waals surface area (Å²) in [5.74, 6) is -0.0376. The molecule has 0 radical (unpaired) electrons. The van der Waals surface area contributed by atoms with Crippen molar-refractivity contribution in [3.63, 3.8) is 0 Å². The minimum absolute atomic E-state index is 0.0376. The van der Waals surface area contributed by atoms with Crippen LogP contribution in [0.5, 0.6) is 0 Å². The van der Waals surface area contributed by atoms with E-state index in [1.165, 1.54) is 0 Å². The molecule has 0 atom stereocenters. The first-order chi connectivity index (χ1) is 7.99. The van der Waals surface area contributed by atoms with Gasteiger partial charge in [0.1, 0.15) is 0 Å². The van der Waals surface area contributed by atoms with Gasteiger partial charge >= 0.3 is 0 Å². The molecule has 0 spiro atoms. The maximum atomic E-state index is 12.3. The van der Waals surface area contributed by atoms with Gasteiger partial charge in [-0.05, 0) is 38.1 Å². The summed E-state index contributed by atoms with van der Waals surface area (Å²) >= 11 is 1.61. The van der Waals surface area contributed by atoms with E-state index in [9.17, 15) is 4.79 Å². The Balaban J connectivity index is 2.47. The third kappa shape index (κ3) is 2.17. The molecule has 0 saturated heterocycles. The van der Waals surface area contributed by atoms with E-state index in [0.29, 0.717) is 16.9 Å². The summed E-state index contributed by atoms with van der Waals surface area (Å²) < 4.78 is 0. The molecular formula is C13H14N2OS. The van der Waals surface area contributed by atoms with Gasteiger partial charge in [0.2, 0.25) is 0 Å². The van der Waals surface area contributed by atoms with Gasteiger partial charge in [0.05, 0.1) is 0 Å². The lowest BCUT2D eigenvalue weighted by Crippen LogP contribution is -2.06. The van der Waals surface area contributed by atoms with Gasteiger partial charge in [-0.3, -0.25) is 4.79 Å². The van der Waals surface area contributed by atoms with E-state index in [1.807, 2.05) is 19.9 Å². The number of hydrogen-bond donors (Lipinski definition) is 2. The summed E-state index contributed by atoms with van der Waals surface area (Å²) in [6.45, 7) is 3.93. The number of benzene rings is 1. The molecule has 0 aliphatic carbocycles. The Morgan fingerprint density at radius 2 is 1.82 bits per heavy atom. The van der Waals surface area contributed by atoms with E-state index in [4.69, 9.17) is 11.5 Å². The number of hydrogen-bond acceptors (Lipinski definition) is 4. The number of nitrogen functional groups attached to an aromatic ring is 2. The zero-order valence-corrected chi connectivity index (χ0v) is 10.6. The summed E-state index contributed by atoms with van der Waals surface area (Å²) in [6, 6.07) is 6.89. The van der Waals surface area contributed by atoms with E-state index in [2.05, 4.69) is 0 Å². The van der Waals surface area contributed by atoms with Crippen LogP contribution in [0.1, 0.15) is 25.7 Å². The van der Waals surface area contributed by atoms with Gasteiger partial charge in [-0.15, -0.1) is 11.3 Å². The van der Waals surface area contributed by atoms with Gasteiger partial charge in [-0.25, -0.2) is 0 Å². The Labute approximate surface area is 104 Å². The van der Waals surface area contributed by atoms with Crippen molar-refractivity contribution in [2.24, 2.45) is 0 Å². The molecule has 2 aromatic rings. The lowest BCUT2D eigenvalue weighted by molar-refractivity contribution is 0.103. The third-order valence-electron chi connectivity index (χ3n) is 2.61. The molecule has 0 aliphatic rings. The first-order valence-corrected chi connectivity index (χ1v) is 6.07. The molecule has 4 heteroatoms. The molecular weight excluding hydrogens is 232 g/mol. The molecule has 0 aliphatic heterocycles. The van der Waals surface area contributed by atoms with E-state index in [1.54, 1.807) is 29.5 Å². The number of carbonyl (C=O) groups excluding carboxylic acids is 1. The molecule has 1 aromatic heterocycles. The van der Waals surface area contributed by atoms with Crippen LogP contribution < -0.4 is 11.5 Å². The van der Waals surface area contributed by atoms with Crippen LogP contribution in [-0.2, 0) is 0 Å². The lowest BCUT2D eigenvalue weighted by Gasteiger charge is -2.05. The van der Waals surface area contributed by atoms with Crippen molar-refractivity contribution in [3.05, 3.63) is 45.1 Å². The predicted octanol–water partition coefficient (Wildman–Crippen LogP) is 2.76. The second kappa shape index (κ2) is 4.22. The highest BCUT2D eigenvalue weighted by molar-refractivity contribution is 7.12. The third-order valence-corrected chi connectivity index (χ3v) is 3.57. The Kier molecular flexibility index (Phi) is 2.90. The first-order valence-electron chi connectivity index (χ1n) is 5.26. The van der Waals surface area contributed by atoms with Crippen LogP contribution in [0.4, 0.5) is 11.4 Å². The summed E-state index contributed by atoms with van der Waals surface area (Å²) in [6.07, 6.45) is 0. The number of nitrogens with two attached hydrogens (primary N) is 2. The average molecular weight is 246 g/mol. The van der Waals surface area contributed by atoms with E-state index in [0.717, 1.165) is 15.3 Å². The predicted molar refractivity (Wildman–Crippen MR) is 72.5 cm³/mol. The van der Waals surface area contributed by atoms with Crippen LogP contribution in [0.15, 0.2) is 24.3 Å². The van der Waals surface area contributed by atoms with Gasteiger partial charge in [-0.1, -0.05) is 0 Å². The number of rotatable bonds is 2. The van der Waals surface area contributed by atoms with Crippen LogP contribution >= 0.6 is 11.3 Å². The highest BCUT2D eigenvalue weighted by Crippen LogP contribution is 2.26. The average Bonchev–Trinajstić information content (AvgIpc) is 2.57. The molecule has 17 heavy (non-hydrogen) atoms. The van der Waals surface area contributed by atoms with Crippen LogP contribution in [-0.4, -0.2) is 5.78 Å². The van der Waals surface area contributed by atoms with Crippen molar-refractivity contribution < 1.29 is 4.79 Å². The van der Waals surface area contributed by atoms with Crippen LogP contribution in [0.25, 0.3) is 0 Å². The minimum Gasteiger partial charge on any atom is -0.399 e. The fourth-order valence-corrected chi connectivity index (χ4v) is 2.71. The molecule has 2 rings (SSSR count). The normalized spacial score (nSPS) is 10.5. The second-order valence-corrected chi connectivity index (χ2v) is 5.46. The minimum atomic E-state index is -0.0376. The molecule has 4 N–H and O–H groups in total. The maximum absolute atomic E-state index is 12.3. The van der Waals surface area contributed by atoms with Gasteiger partial charge in [-0.2, -0.15) is 0 Å². The number of ketones is 1. The van der Waals surface area contributed by atoms with Gasteiger partial charge in [0.25, 0.3) is 0 Å². The molecule has 3 nitrogen and oxygen atoms in total. The highest BCUT2D eigenvalue weighted by Gasteiger charge is 2.16. The fourth-order valence-electron chi connectivity index (χ4n) is 1.79. The quantitative estimate of drug-likeness (QED) is 0.632. The second-order valence-electron chi connectivity index (χ2n) is 4.00. The number of carbonyl (C=O) groups is 1. The highest BCUT2D eigenvalue weighted by atomic mass is 32.1. The van der Waals surface area contributed by atoms with E-state index < -0.39 is 0 Å². The van der Waals surface area contributed by atoms with Gasteiger partial charge < -0.3 is 11.5 Å². The smallest absolute Gasteiger partial charge is 0.196 e. The van der Waals surface area contributed by atoms with Crippen molar-refractivity contribution in [1.29, 1.82) is 0 Å². The summed E-state index contributed by atoms with van der Waals surface area (Å²) in [5.41, 5.74) is 13.7. The first kappa shape index (κ1) is 11.7. The van der Waals surface area contributed by atoms with Crippen LogP contribution in [0.3, 0.4) is 0 Å². The van der Waals surface area contributed by atoms with Crippen molar-refractivity contribution in [2.75, 3.05) is 11.5 Å². The van der Waals surface area contributed by atoms with Crippen molar-refractivity contribution in [1.82, 2.24) is 0 Å². The van der Waals surface area contributed by atoms with E-state index in [-0.39, 0.29) is 5.78 Å². The molecule has 0 bridgehead atoms. The van der Waals surface area contributed by atoms with Gasteiger partial charge in [0.15, 0.2) is 5.78 Å². The topological polar surface area (TPSA) is 69.1 Å². The molecule has 0 saturated carbocycles. The van der Waals surface area contributed by atoms with Gasteiger partial charge in [0, 0.05) is 32.3 Å². The molecule has 0 unspecified atom stereocenters. The van der Waals surface area contributed by atoms with Crippen LogP contribution in [0.2, 0.25) is 0 Å². The van der Waals surface area contributed by atoms with Crippen molar-refractivity contribution in [2.45, 2.75) is 13.8 Å². The summed E-state index contributed by atoms with van der Waals surface area (Å²) in [7, 11) is 0. The Bertz CT molecular complexity index is 587. The molecule has 0 amide bonds. The Morgan fingerprint density at radius 3 is 2.35 bits per heavy atom. The monoisotopic (exact) mass is 246 g/mol. The number of aryl methyl sites for hydroxylation is 2. The van der Waals surface area contributed by atoms with Crippen molar-refractivity contribution >= 4 is 28.5 Å². The van der Waals surface area contributed by atoms with E-state index >= 15 is 0 Å². The number of anilines is 2. The van der Waals surface area contributed by atoms with Crippen molar-refractivity contribution in [3.8, 4) is 0 Å². The zero-order valence-electron chi connectivity index (χ0n) is 9.78. The standard InChI is InChI=1S/C13H14N2OS/c1-7-5-11(8(2)17-7)13(16)10-4-3-9(14)6-12(10)15/h3-6H,14-15H2,1-2H3. The Hall–Kier alpha value is -1.81.